The number of nitrogens with one attached hydrogen (secondary N) is 2. The lowest BCUT2D eigenvalue weighted by Gasteiger charge is -2.09. The molecule has 1 amide bonds. The summed E-state index contributed by atoms with van der Waals surface area (Å²) in [4.78, 5) is 23.6. The van der Waals surface area contributed by atoms with E-state index in [1.807, 2.05) is 0 Å². The normalized spacial score (nSPS) is 12.5. The Hall–Kier alpha value is -3.11. The molecule has 28 heavy (non-hydrogen) atoms. The van der Waals surface area contributed by atoms with Crippen LogP contribution in [-0.2, 0) is 19.6 Å². The van der Waals surface area contributed by atoms with Gasteiger partial charge in [-0.15, -0.1) is 0 Å². The van der Waals surface area contributed by atoms with Crippen molar-refractivity contribution in [3.05, 3.63) is 48.0 Å². The number of carbonyl (C=O) groups excluding carboxylic acids is 2. The summed E-state index contributed by atoms with van der Waals surface area (Å²) in [5.41, 5.74) is 0.689. The van der Waals surface area contributed by atoms with Crippen molar-refractivity contribution < 1.29 is 32.2 Å². The van der Waals surface area contributed by atoms with E-state index in [4.69, 9.17) is 14.2 Å². The molecule has 0 aromatic heterocycles. The Morgan fingerprint density at radius 3 is 2.50 bits per heavy atom. The summed E-state index contributed by atoms with van der Waals surface area (Å²) in [6, 6.07) is 10.1. The first-order chi connectivity index (χ1) is 13.4. The summed E-state index contributed by atoms with van der Waals surface area (Å²) in [5.74, 6) is -0.0156. The van der Waals surface area contributed by atoms with E-state index in [0.717, 1.165) is 0 Å². The fourth-order valence-corrected chi connectivity index (χ4v) is 3.39. The number of hydrogen-bond acceptors (Lipinski definition) is 7. The number of carbonyl (C=O) groups is 2. The molecule has 1 aliphatic rings. The number of anilines is 1. The van der Waals surface area contributed by atoms with Crippen LogP contribution in [0.15, 0.2) is 47.4 Å². The maximum Gasteiger partial charge on any atom is 0.338 e. The zero-order valence-electron chi connectivity index (χ0n) is 14.9. The zero-order chi connectivity index (χ0) is 20.1. The maximum atomic E-state index is 12.3. The van der Waals surface area contributed by atoms with E-state index in [1.165, 1.54) is 24.3 Å². The van der Waals surface area contributed by atoms with E-state index in [1.54, 1.807) is 25.1 Å². The van der Waals surface area contributed by atoms with Crippen molar-refractivity contribution >= 4 is 27.6 Å². The van der Waals surface area contributed by atoms with Crippen LogP contribution >= 0.6 is 0 Å². The van der Waals surface area contributed by atoms with Gasteiger partial charge < -0.3 is 19.5 Å². The van der Waals surface area contributed by atoms with E-state index in [9.17, 15) is 18.0 Å². The number of rotatable bonds is 7. The average Bonchev–Trinajstić information content (AvgIpc) is 3.15. The quantitative estimate of drug-likeness (QED) is 0.669. The highest BCUT2D eigenvalue weighted by molar-refractivity contribution is 7.89. The molecule has 0 saturated carbocycles. The highest BCUT2D eigenvalue weighted by atomic mass is 32.2. The SMILES string of the molecule is CCOC(=O)c1ccc(S(=O)(=O)NCC(=O)Nc2ccc3c(c2)OCO3)cc1. The minimum Gasteiger partial charge on any atom is -0.462 e. The molecule has 0 bridgehead atoms. The van der Waals surface area contributed by atoms with E-state index in [-0.39, 0.29) is 23.9 Å². The molecule has 1 aliphatic heterocycles. The fraction of sp³-hybridized carbons (Fsp3) is 0.222. The van der Waals surface area contributed by atoms with Gasteiger partial charge in [-0.05, 0) is 43.3 Å². The number of benzene rings is 2. The largest absolute Gasteiger partial charge is 0.462 e. The molecule has 0 aliphatic carbocycles. The number of esters is 1. The fourth-order valence-electron chi connectivity index (χ4n) is 2.41. The average molecular weight is 406 g/mol. The molecule has 3 rings (SSSR count). The Labute approximate surface area is 161 Å². The highest BCUT2D eigenvalue weighted by Crippen LogP contribution is 2.34. The van der Waals surface area contributed by atoms with Crippen molar-refractivity contribution in [2.75, 3.05) is 25.3 Å². The van der Waals surface area contributed by atoms with Gasteiger partial charge in [0.05, 0.1) is 23.6 Å². The molecule has 9 nitrogen and oxygen atoms in total. The summed E-state index contributed by atoms with van der Waals surface area (Å²) in [6.07, 6.45) is 0. The number of sulfonamides is 1. The van der Waals surface area contributed by atoms with Crippen LogP contribution in [0.3, 0.4) is 0 Å². The first-order valence-electron chi connectivity index (χ1n) is 8.35. The lowest BCUT2D eigenvalue weighted by atomic mass is 10.2. The topological polar surface area (TPSA) is 120 Å². The molecule has 10 heteroatoms. The van der Waals surface area contributed by atoms with Gasteiger partial charge >= 0.3 is 5.97 Å². The van der Waals surface area contributed by atoms with Crippen molar-refractivity contribution in [1.82, 2.24) is 4.72 Å². The van der Waals surface area contributed by atoms with Crippen LogP contribution in [0.1, 0.15) is 17.3 Å². The van der Waals surface area contributed by atoms with Crippen LogP contribution < -0.4 is 19.5 Å². The van der Waals surface area contributed by atoms with Crippen molar-refractivity contribution in [1.29, 1.82) is 0 Å². The molecule has 2 aromatic rings. The molecular formula is C18H18N2O7S. The van der Waals surface area contributed by atoms with Crippen LogP contribution in [0.25, 0.3) is 0 Å². The van der Waals surface area contributed by atoms with Gasteiger partial charge in [0.2, 0.25) is 22.7 Å². The van der Waals surface area contributed by atoms with Crippen molar-refractivity contribution in [3.8, 4) is 11.5 Å². The molecule has 0 spiro atoms. The summed E-state index contributed by atoms with van der Waals surface area (Å²) in [7, 11) is -3.92. The molecule has 2 aromatic carbocycles. The van der Waals surface area contributed by atoms with E-state index in [2.05, 4.69) is 10.0 Å². The Kier molecular flexibility index (Phi) is 5.81. The molecule has 0 saturated heterocycles. The van der Waals surface area contributed by atoms with Gasteiger partial charge in [0.25, 0.3) is 0 Å². The van der Waals surface area contributed by atoms with Crippen molar-refractivity contribution in [3.63, 3.8) is 0 Å². The monoisotopic (exact) mass is 406 g/mol. The van der Waals surface area contributed by atoms with Gasteiger partial charge in [-0.3, -0.25) is 4.79 Å². The predicted octanol–water partition coefficient (Wildman–Crippen LogP) is 1.51. The van der Waals surface area contributed by atoms with Crippen LogP contribution in [0.2, 0.25) is 0 Å². The molecular weight excluding hydrogens is 388 g/mol. The number of fused-ring (bicyclic) bond motifs is 1. The third-order valence-corrected chi connectivity index (χ3v) is 5.17. The first-order valence-corrected chi connectivity index (χ1v) is 9.84. The van der Waals surface area contributed by atoms with Gasteiger partial charge in [-0.2, -0.15) is 0 Å². The lowest BCUT2D eigenvalue weighted by Crippen LogP contribution is -2.32. The smallest absolute Gasteiger partial charge is 0.338 e. The molecule has 0 unspecified atom stereocenters. The summed E-state index contributed by atoms with van der Waals surface area (Å²) >= 11 is 0. The minimum atomic E-state index is -3.92. The summed E-state index contributed by atoms with van der Waals surface area (Å²) < 4.78 is 42.1. The van der Waals surface area contributed by atoms with Gasteiger partial charge in [-0.1, -0.05) is 0 Å². The predicted molar refractivity (Wildman–Crippen MR) is 98.8 cm³/mol. The Morgan fingerprint density at radius 2 is 1.79 bits per heavy atom. The molecule has 148 valence electrons. The van der Waals surface area contributed by atoms with Gasteiger partial charge in [0, 0.05) is 11.8 Å². The molecule has 2 N–H and O–H groups in total. The number of hydrogen-bond donors (Lipinski definition) is 2. The second-order valence-corrected chi connectivity index (χ2v) is 7.45. The zero-order valence-corrected chi connectivity index (χ0v) is 15.7. The van der Waals surface area contributed by atoms with Crippen LogP contribution in [-0.4, -0.2) is 40.2 Å². The molecule has 0 fully saturated rings. The van der Waals surface area contributed by atoms with E-state index < -0.39 is 28.4 Å². The molecule has 0 radical (unpaired) electrons. The number of amides is 1. The standard InChI is InChI=1S/C18H18N2O7S/c1-2-25-18(22)12-3-6-14(7-4-12)28(23,24)19-10-17(21)20-13-5-8-15-16(9-13)27-11-26-15/h3-9,19H,2,10-11H2,1H3,(H,20,21). The lowest BCUT2D eigenvalue weighted by molar-refractivity contribution is -0.115. The van der Waals surface area contributed by atoms with Gasteiger partial charge in [-0.25, -0.2) is 17.9 Å². The van der Waals surface area contributed by atoms with Crippen LogP contribution in [0.4, 0.5) is 5.69 Å². The second-order valence-electron chi connectivity index (χ2n) is 5.69. The van der Waals surface area contributed by atoms with E-state index in [0.29, 0.717) is 17.2 Å². The van der Waals surface area contributed by atoms with Gasteiger partial charge in [0.15, 0.2) is 11.5 Å². The van der Waals surface area contributed by atoms with Crippen LogP contribution in [0, 0.1) is 0 Å². The van der Waals surface area contributed by atoms with Gasteiger partial charge in [0.1, 0.15) is 0 Å². The summed E-state index contributed by atoms with van der Waals surface area (Å²) in [5, 5.41) is 2.57. The first kappa shape index (κ1) is 19.6. The molecule has 1 heterocycles. The third-order valence-electron chi connectivity index (χ3n) is 3.75. The highest BCUT2D eigenvalue weighted by Gasteiger charge is 2.18. The Balaban J connectivity index is 1.58. The van der Waals surface area contributed by atoms with Crippen molar-refractivity contribution in [2.45, 2.75) is 11.8 Å². The Morgan fingerprint density at radius 1 is 1.07 bits per heavy atom. The second kappa shape index (κ2) is 8.28. The Bertz CT molecular complexity index is 987. The maximum absolute atomic E-state index is 12.3. The van der Waals surface area contributed by atoms with E-state index >= 15 is 0 Å². The summed E-state index contributed by atoms with van der Waals surface area (Å²) in [6.45, 7) is 1.55. The minimum absolute atomic E-state index is 0.0728. The number of ether oxygens (including phenoxy) is 3. The molecule has 0 atom stereocenters. The van der Waals surface area contributed by atoms with Crippen molar-refractivity contribution in [2.24, 2.45) is 0 Å². The van der Waals surface area contributed by atoms with Crippen LogP contribution in [0.5, 0.6) is 11.5 Å². The third kappa shape index (κ3) is 4.59.